The third-order valence-electron chi connectivity index (χ3n) is 4.13. The van der Waals surface area contributed by atoms with Gasteiger partial charge in [0.25, 0.3) is 0 Å². The molecule has 0 aromatic heterocycles. The van der Waals surface area contributed by atoms with Crippen LogP contribution in [-0.2, 0) is 22.4 Å². The molecule has 124 valence electrons. The lowest BCUT2D eigenvalue weighted by molar-refractivity contribution is -0.117. The van der Waals surface area contributed by atoms with Crippen molar-refractivity contribution in [3.8, 4) is 0 Å². The molecule has 0 spiro atoms. The van der Waals surface area contributed by atoms with Crippen LogP contribution in [0.5, 0.6) is 0 Å². The summed E-state index contributed by atoms with van der Waals surface area (Å²) in [7, 11) is 0. The summed E-state index contributed by atoms with van der Waals surface area (Å²) in [5, 5.41) is 2.97. The summed E-state index contributed by atoms with van der Waals surface area (Å²) in [4.78, 5) is 26.0. The Kier molecular flexibility index (Phi) is 4.71. The molecule has 0 aliphatic carbocycles. The smallest absolute Gasteiger partial charge is 0.228 e. The van der Waals surface area contributed by atoms with E-state index in [1.165, 1.54) is 0 Å². The third-order valence-corrected chi connectivity index (χ3v) is 4.59. The molecule has 2 aromatic rings. The number of rotatable bonds is 3. The fraction of sp³-hybridized carbons (Fsp3) is 0.263. The second kappa shape index (κ2) is 6.77. The van der Waals surface area contributed by atoms with Gasteiger partial charge in [0.2, 0.25) is 11.8 Å². The van der Waals surface area contributed by atoms with Gasteiger partial charge in [-0.15, -0.1) is 0 Å². The fourth-order valence-electron chi connectivity index (χ4n) is 3.12. The second-order valence-electron chi connectivity index (χ2n) is 6.10. The van der Waals surface area contributed by atoms with Crippen LogP contribution in [0.1, 0.15) is 23.6 Å². The highest BCUT2D eigenvalue weighted by atomic mass is 79.9. The van der Waals surface area contributed by atoms with E-state index < -0.39 is 0 Å². The molecule has 0 saturated carbocycles. The highest BCUT2D eigenvalue weighted by molar-refractivity contribution is 9.10. The average molecular weight is 387 g/mol. The number of anilines is 2. The van der Waals surface area contributed by atoms with E-state index in [1.807, 2.05) is 43.3 Å². The lowest BCUT2D eigenvalue weighted by atomic mass is 10.1. The molecule has 1 aliphatic rings. The van der Waals surface area contributed by atoms with Gasteiger partial charge in [-0.2, -0.15) is 0 Å². The molecule has 1 N–H and O–H groups in total. The van der Waals surface area contributed by atoms with Crippen LogP contribution in [0, 0.1) is 6.92 Å². The summed E-state index contributed by atoms with van der Waals surface area (Å²) in [5.74, 6) is -0.0958. The van der Waals surface area contributed by atoms with Crippen molar-refractivity contribution in [2.75, 3.05) is 16.8 Å². The molecule has 0 radical (unpaired) electrons. The molecule has 5 heteroatoms. The fourth-order valence-corrected chi connectivity index (χ4v) is 3.63. The number of halogens is 1. The molecule has 2 amide bonds. The predicted molar refractivity (Wildman–Crippen MR) is 99.4 cm³/mol. The van der Waals surface area contributed by atoms with Crippen molar-refractivity contribution in [1.82, 2.24) is 0 Å². The van der Waals surface area contributed by atoms with Crippen LogP contribution in [0.4, 0.5) is 11.4 Å². The number of carbonyl (C=O) groups excluding carboxylic acids is 2. The first kappa shape index (κ1) is 16.7. The quantitative estimate of drug-likeness (QED) is 0.870. The minimum absolute atomic E-state index is 0.00902. The van der Waals surface area contributed by atoms with E-state index in [2.05, 4.69) is 21.2 Å². The maximum Gasteiger partial charge on any atom is 0.228 e. The monoisotopic (exact) mass is 386 g/mol. The van der Waals surface area contributed by atoms with Crippen molar-refractivity contribution in [3.63, 3.8) is 0 Å². The molecule has 1 aliphatic heterocycles. The van der Waals surface area contributed by atoms with Crippen LogP contribution >= 0.6 is 15.9 Å². The van der Waals surface area contributed by atoms with E-state index in [1.54, 1.807) is 11.8 Å². The Morgan fingerprint density at radius 1 is 1.25 bits per heavy atom. The topological polar surface area (TPSA) is 49.4 Å². The highest BCUT2D eigenvalue weighted by Crippen LogP contribution is 2.38. The van der Waals surface area contributed by atoms with E-state index in [0.29, 0.717) is 18.7 Å². The Morgan fingerprint density at radius 3 is 2.75 bits per heavy atom. The Morgan fingerprint density at radius 2 is 2.04 bits per heavy atom. The van der Waals surface area contributed by atoms with Crippen molar-refractivity contribution in [2.45, 2.75) is 26.7 Å². The first-order chi connectivity index (χ1) is 11.4. The number of hydrogen-bond acceptors (Lipinski definition) is 2. The standard InChI is InChI=1S/C19H19BrN2O2/c1-12-4-3-5-14(8-12)9-18(24)21-17-11-16(20)10-15-6-7-22(13(2)23)19(15)17/h3-5,8,10-11H,6-7,9H2,1-2H3,(H,21,24). The number of nitrogens with zero attached hydrogens (tertiary/aromatic N) is 1. The SMILES string of the molecule is CC(=O)N1CCc2cc(Br)cc(NC(=O)Cc3cccc(C)c3)c21. The summed E-state index contributed by atoms with van der Waals surface area (Å²) in [6.07, 6.45) is 1.11. The molecule has 4 nitrogen and oxygen atoms in total. The van der Waals surface area contributed by atoms with Crippen molar-refractivity contribution < 1.29 is 9.59 Å². The maximum atomic E-state index is 12.5. The second-order valence-corrected chi connectivity index (χ2v) is 7.01. The molecular weight excluding hydrogens is 368 g/mol. The van der Waals surface area contributed by atoms with Gasteiger partial charge in [0.15, 0.2) is 0 Å². The lowest BCUT2D eigenvalue weighted by Crippen LogP contribution is -2.27. The lowest BCUT2D eigenvalue weighted by Gasteiger charge is -2.19. The van der Waals surface area contributed by atoms with Crippen LogP contribution in [0.2, 0.25) is 0 Å². The van der Waals surface area contributed by atoms with Gasteiger partial charge >= 0.3 is 0 Å². The van der Waals surface area contributed by atoms with E-state index in [-0.39, 0.29) is 11.8 Å². The summed E-state index contributed by atoms with van der Waals surface area (Å²) < 4.78 is 0.900. The van der Waals surface area contributed by atoms with Crippen molar-refractivity contribution in [1.29, 1.82) is 0 Å². The Balaban J connectivity index is 1.85. The number of hydrogen-bond donors (Lipinski definition) is 1. The first-order valence-corrected chi connectivity index (χ1v) is 8.69. The van der Waals surface area contributed by atoms with E-state index in [4.69, 9.17) is 0 Å². The number of carbonyl (C=O) groups is 2. The van der Waals surface area contributed by atoms with Crippen molar-refractivity contribution in [2.24, 2.45) is 0 Å². The third kappa shape index (κ3) is 3.51. The minimum Gasteiger partial charge on any atom is -0.324 e. The zero-order chi connectivity index (χ0) is 17.3. The Bertz CT molecular complexity index is 817. The van der Waals surface area contributed by atoms with E-state index in [0.717, 1.165) is 33.3 Å². The number of nitrogens with one attached hydrogen (secondary N) is 1. The zero-order valence-electron chi connectivity index (χ0n) is 13.7. The summed E-state index contributed by atoms with van der Waals surface area (Å²) in [6.45, 7) is 4.21. The van der Waals surface area contributed by atoms with Gasteiger partial charge in [-0.05, 0) is 36.6 Å². The number of fused-ring (bicyclic) bond motifs is 1. The van der Waals surface area contributed by atoms with Crippen LogP contribution < -0.4 is 10.2 Å². The Hall–Kier alpha value is -2.14. The molecule has 0 atom stereocenters. The first-order valence-electron chi connectivity index (χ1n) is 7.90. The zero-order valence-corrected chi connectivity index (χ0v) is 15.3. The van der Waals surface area contributed by atoms with Crippen LogP contribution in [0.15, 0.2) is 40.9 Å². The largest absolute Gasteiger partial charge is 0.324 e. The molecule has 24 heavy (non-hydrogen) atoms. The van der Waals surface area contributed by atoms with Gasteiger partial charge < -0.3 is 10.2 Å². The molecule has 2 aromatic carbocycles. The number of amides is 2. The molecule has 1 heterocycles. The van der Waals surface area contributed by atoms with Gasteiger partial charge in [0.05, 0.1) is 17.8 Å². The molecule has 0 bridgehead atoms. The van der Waals surface area contributed by atoms with Gasteiger partial charge in [-0.25, -0.2) is 0 Å². The molecule has 3 rings (SSSR count). The van der Waals surface area contributed by atoms with Gasteiger partial charge in [-0.1, -0.05) is 45.8 Å². The maximum absolute atomic E-state index is 12.5. The number of aryl methyl sites for hydroxylation is 1. The van der Waals surface area contributed by atoms with E-state index in [9.17, 15) is 9.59 Å². The van der Waals surface area contributed by atoms with Crippen LogP contribution in [0.25, 0.3) is 0 Å². The van der Waals surface area contributed by atoms with Gasteiger partial charge in [-0.3, -0.25) is 9.59 Å². The summed E-state index contributed by atoms with van der Waals surface area (Å²) >= 11 is 3.48. The number of benzene rings is 2. The molecule has 0 fully saturated rings. The van der Waals surface area contributed by atoms with Crippen LogP contribution in [0.3, 0.4) is 0 Å². The molecule has 0 saturated heterocycles. The van der Waals surface area contributed by atoms with Gasteiger partial charge in [0.1, 0.15) is 0 Å². The molecule has 0 unspecified atom stereocenters. The summed E-state index contributed by atoms with van der Waals surface area (Å²) in [6, 6.07) is 11.8. The van der Waals surface area contributed by atoms with Crippen molar-refractivity contribution in [3.05, 3.63) is 57.6 Å². The normalized spacial score (nSPS) is 12.9. The summed E-state index contributed by atoms with van der Waals surface area (Å²) in [5.41, 5.74) is 4.69. The van der Waals surface area contributed by atoms with E-state index >= 15 is 0 Å². The van der Waals surface area contributed by atoms with Crippen LogP contribution in [-0.4, -0.2) is 18.4 Å². The van der Waals surface area contributed by atoms with Crippen molar-refractivity contribution >= 4 is 39.1 Å². The Labute approximate surface area is 150 Å². The predicted octanol–water partition coefficient (Wildman–Crippen LogP) is 3.85. The minimum atomic E-state index is -0.0868. The molecular formula is C19H19BrN2O2. The van der Waals surface area contributed by atoms with Gasteiger partial charge in [0, 0.05) is 17.9 Å². The highest BCUT2D eigenvalue weighted by Gasteiger charge is 2.26. The average Bonchev–Trinajstić information content (AvgIpc) is 2.91.